The van der Waals surface area contributed by atoms with E-state index < -0.39 is 0 Å². The predicted octanol–water partition coefficient (Wildman–Crippen LogP) is 5.26. The molecule has 0 aliphatic rings. The first-order valence-electron chi connectivity index (χ1n) is 8.68. The zero-order valence-electron chi connectivity index (χ0n) is 15.3. The lowest BCUT2D eigenvalue weighted by Crippen LogP contribution is -2.20. The molecule has 23 heavy (non-hydrogen) atoms. The third kappa shape index (κ3) is 6.85. The molecular weight excluding hydrogens is 280 g/mol. The molecule has 0 saturated carbocycles. The van der Waals surface area contributed by atoms with Crippen LogP contribution in [-0.2, 0) is 6.42 Å². The Labute approximate surface area is 142 Å². The van der Waals surface area contributed by atoms with Crippen LogP contribution in [-0.4, -0.2) is 12.4 Å². The summed E-state index contributed by atoms with van der Waals surface area (Å²) < 4.78 is 0. The maximum absolute atomic E-state index is 6.21. The van der Waals surface area contributed by atoms with Crippen LogP contribution in [0.25, 0.3) is 0 Å². The van der Waals surface area contributed by atoms with Crippen LogP contribution in [0.15, 0.2) is 53.1 Å². The van der Waals surface area contributed by atoms with Crippen LogP contribution in [0, 0.1) is 5.92 Å². The van der Waals surface area contributed by atoms with Crippen LogP contribution in [0.3, 0.4) is 0 Å². The molecule has 1 aromatic rings. The van der Waals surface area contributed by atoms with Gasteiger partial charge in [-0.15, -0.1) is 0 Å². The van der Waals surface area contributed by atoms with Gasteiger partial charge in [0, 0.05) is 5.92 Å². The number of aliphatic imine (C=N–C) groups is 1. The summed E-state index contributed by atoms with van der Waals surface area (Å²) in [5.41, 5.74) is 10.0. The SMILES string of the molecule is C/C=C\C(=C/CC)CN=C(N)C(C)c1ccc(CC(C)C)cc1. The Morgan fingerprint density at radius 3 is 2.35 bits per heavy atom. The third-order valence-corrected chi connectivity index (χ3v) is 3.86. The second kappa shape index (κ2) is 10.0. The van der Waals surface area contributed by atoms with Gasteiger partial charge in [0.1, 0.15) is 5.84 Å². The molecule has 1 rings (SSSR count). The fourth-order valence-electron chi connectivity index (χ4n) is 2.57. The number of rotatable bonds is 8. The number of allylic oxidation sites excluding steroid dienone is 2. The zero-order valence-corrected chi connectivity index (χ0v) is 15.3. The molecular formula is C21H32N2. The van der Waals surface area contributed by atoms with E-state index in [0.29, 0.717) is 18.3 Å². The van der Waals surface area contributed by atoms with Gasteiger partial charge in [0.25, 0.3) is 0 Å². The van der Waals surface area contributed by atoms with Gasteiger partial charge in [-0.2, -0.15) is 0 Å². The Morgan fingerprint density at radius 2 is 1.83 bits per heavy atom. The fraction of sp³-hybridized carbons (Fsp3) is 0.476. The molecule has 1 atom stereocenters. The van der Waals surface area contributed by atoms with E-state index in [4.69, 9.17) is 5.73 Å². The Morgan fingerprint density at radius 1 is 1.17 bits per heavy atom. The molecule has 1 unspecified atom stereocenters. The van der Waals surface area contributed by atoms with Crippen LogP contribution in [0.1, 0.15) is 58.1 Å². The average molecular weight is 313 g/mol. The zero-order chi connectivity index (χ0) is 17.2. The monoisotopic (exact) mass is 312 g/mol. The smallest absolute Gasteiger partial charge is 0.101 e. The van der Waals surface area contributed by atoms with E-state index in [1.807, 2.05) is 13.0 Å². The fourth-order valence-corrected chi connectivity index (χ4v) is 2.57. The first-order valence-corrected chi connectivity index (χ1v) is 8.68. The molecule has 0 saturated heterocycles. The first kappa shape index (κ1) is 19.2. The van der Waals surface area contributed by atoms with E-state index in [1.165, 1.54) is 16.7 Å². The van der Waals surface area contributed by atoms with Crippen LogP contribution in [0.4, 0.5) is 0 Å². The molecule has 0 radical (unpaired) electrons. The first-order chi connectivity index (χ1) is 11.0. The van der Waals surface area contributed by atoms with Gasteiger partial charge >= 0.3 is 0 Å². The van der Waals surface area contributed by atoms with Crippen molar-refractivity contribution >= 4 is 5.84 Å². The maximum atomic E-state index is 6.21. The minimum absolute atomic E-state index is 0.150. The molecule has 0 bridgehead atoms. The number of nitrogens with zero attached hydrogens (tertiary/aromatic N) is 1. The van der Waals surface area contributed by atoms with Crippen LogP contribution in [0.2, 0.25) is 0 Å². The highest BCUT2D eigenvalue weighted by molar-refractivity contribution is 5.87. The molecule has 126 valence electrons. The standard InChI is InChI=1S/C21H32N2/c1-6-8-19(9-7-2)15-23-21(22)17(5)20-12-10-18(11-13-20)14-16(3)4/h6,8-13,16-17H,7,14-15H2,1-5H3,(H2,22,23)/b8-6-,19-9+. The van der Waals surface area contributed by atoms with Gasteiger partial charge in [0.2, 0.25) is 0 Å². The molecule has 0 amide bonds. The number of amidine groups is 1. The summed E-state index contributed by atoms with van der Waals surface area (Å²) in [5, 5.41) is 0. The predicted molar refractivity (Wildman–Crippen MR) is 103 cm³/mol. The van der Waals surface area contributed by atoms with Gasteiger partial charge in [-0.05, 0) is 42.4 Å². The average Bonchev–Trinajstić information content (AvgIpc) is 2.52. The van der Waals surface area contributed by atoms with E-state index in [-0.39, 0.29) is 5.92 Å². The van der Waals surface area contributed by atoms with Crippen molar-refractivity contribution in [1.82, 2.24) is 0 Å². The van der Waals surface area contributed by atoms with Crippen LogP contribution in [0.5, 0.6) is 0 Å². The summed E-state index contributed by atoms with van der Waals surface area (Å²) in [7, 11) is 0. The largest absolute Gasteiger partial charge is 0.387 e. The number of hydrogen-bond donors (Lipinski definition) is 1. The van der Waals surface area contributed by atoms with Gasteiger partial charge in [0.15, 0.2) is 0 Å². The van der Waals surface area contributed by atoms with Gasteiger partial charge in [-0.1, -0.05) is 70.2 Å². The summed E-state index contributed by atoms with van der Waals surface area (Å²) in [6, 6.07) is 8.78. The Balaban J connectivity index is 2.76. The van der Waals surface area contributed by atoms with Crippen molar-refractivity contribution in [3.8, 4) is 0 Å². The molecule has 0 aliphatic heterocycles. The molecule has 0 fully saturated rings. The summed E-state index contributed by atoms with van der Waals surface area (Å²) in [6.07, 6.45) is 8.48. The van der Waals surface area contributed by atoms with Crippen molar-refractivity contribution in [3.63, 3.8) is 0 Å². The summed E-state index contributed by atoms with van der Waals surface area (Å²) >= 11 is 0. The van der Waals surface area contributed by atoms with E-state index in [0.717, 1.165) is 12.8 Å². The van der Waals surface area contributed by atoms with Crippen molar-refractivity contribution in [2.75, 3.05) is 6.54 Å². The second-order valence-electron chi connectivity index (χ2n) is 6.49. The van der Waals surface area contributed by atoms with Crippen molar-refractivity contribution in [2.24, 2.45) is 16.6 Å². The minimum atomic E-state index is 0.150. The summed E-state index contributed by atoms with van der Waals surface area (Å²) in [6.45, 7) is 11.4. The third-order valence-electron chi connectivity index (χ3n) is 3.86. The molecule has 0 aromatic heterocycles. The van der Waals surface area contributed by atoms with Crippen LogP contribution >= 0.6 is 0 Å². The normalized spacial score (nSPS) is 14.7. The Kier molecular flexibility index (Phi) is 8.39. The molecule has 0 heterocycles. The quantitative estimate of drug-likeness (QED) is 0.397. The molecule has 2 N–H and O–H groups in total. The van der Waals surface area contributed by atoms with Crippen molar-refractivity contribution < 1.29 is 0 Å². The maximum Gasteiger partial charge on any atom is 0.101 e. The highest BCUT2D eigenvalue weighted by Crippen LogP contribution is 2.18. The summed E-state index contributed by atoms with van der Waals surface area (Å²) in [4.78, 5) is 4.58. The number of benzene rings is 1. The molecule has 2 heteroatoms. The van der Waals surface area contributed by atoms with Gasteiger partial charge < -0.3 is 5.73 Å². The van der Waals surface area contributed by atoms with E-state index in [9.17, 15) is 0 Å². The molecule has 2 nitrogen and oxygen atoms in total. The van der Waals surface area contributed by atoms with Gasteiger partial charge in [-0.3, -0.25) is 4.99 Å². The highest BCUT2D eigenvalue weighted by atomic mass is 14.9. The van der Waals surface area contributed by atoms with E-state index in [1.54, 1.807) is 0 Å². The number of hydrogen-bond acceptors (Lipinski definition) is 1. The van der Waals surface area contributed by atoms with E-state index in [2.05, 4.69) is 69.1 Å². The second-order valence-corrected chi connectivity index (χ2v) is 6.49. The topological polar surface area (TPSA) is 38.4 Å². The van der Waals surface area contributed by atoms with Gasteiger partial charge in [0.05, 0.1) is 6.54 Å². The van der Waals surface area contributed by atoms with Gasteiger partial charge in [-0.25, -0.2) is 0 Å². The summed E-state index contributed by atoms with van der Waals surface area (Å²) in [5.74, 6) is 1.53. The van der Waals surface area contributed by atoms with E-state index >= 15 is 0 Å². The van der Waals surface area contributed by atoms with Crippen molar-refractivity contribution in [2.45, 2.75) is 53.4 Å². The number of nitrogens with two attached hydrogens (primary N) is 1. The molecule has 0 aliphatic carbocycles. The van der Waals surface area contributed by atoms with Crippen molar-refractivity contribution in [1.29, 1.82) is 0 Å². The highest BCUT2D eigenvalue weighted by Gasteiger charge is 2.10. The lowest BCUT2D eigenvalue weighted by molar-refractivity contribution is 0.647. The lowest BCUT2D eigenvalue weighted by Gasteiger charge is -2.13. The van der Waals surface area contributed by atoms with Crippen LogP contribution < -0.4 is 5.73 Å². The molecule has 1 aromatic carbocycles. The Bertz CT molecular complexity index is 548. The molecule has 0 spiro atoms. The lowest BCUT2D eigenvalue weighted by atomic mass is 9.96. The minimum Gasteiger partial charge on any atom is -0.387 e. The van der Waals surface area contributed by atoms with Crippen molar-refractivity contribution in [3.05, 3.63) is 59.2 Å². The Hall–Kier alpha value is -1.83.